The molecule has 4 heterocycles. The lowest BCUT2D eigenvalue weighted by Crippen LogP contribution is -2.27. The fraction of sp³-hybridized carbons (Fsp3) is 0.463. The van der Waals surface area contributed by atoms with E-state index in [0.717, 1.165) is 45.0 Å². The average molecular weight is 1250 g/mol. The minimum atomic E-state index is -1.34. The number of hydrogen-bond donors (Lipinski definition) is 0. The molecule has 0 aliphatic rings. The summed E-state index contributed by atoms with van der Waals surface area (Å²) in [6.07, 6.45) is 2.22. The van der Waals surface area contributed by atoms with Crippen molar-refractivity contribution in [3.63, 3.8) is 0 Å². The fourth-order valence-electron chi connectivity index (χ4n) is 10.5. The van der Waals surface area contributed by atoms with E-state index < -0.39 is 63.3 Å². The van der Waals surface area contributed by atoms with E-state index in [1.807, 2.05) is 94.9 Å². The van der Waals surface area contributed by atoms with Crippen molar-refractivity contribution in [2.24, 2.45) is 0 Å². The fourth-order valence-corrected chi connectivity index (χ4v) is 12.0. The van der Waals surface area contributed by atoms with Gasteiger partial charge in [0.25, 0.3) is 0 Å². The second kappa shape index (κ2) is 28.5. The van der Waals surface area contributed by atoms with Gasteiger partial charge in [0.2, 0.25) is 0 Å². The Bertz CT molecular complexity index is 3840. The van der Waals surface area contributed by atoms with Gasteiger partial charge in [-0.1, -0.05) is 46.7 Å². The summed E-state index contributed by atoms with van der Waals surface area (Å²) in [5.41, 5.74) is 6.60. The molecule has 89 heavy (non-hydrogen) atoms. The van der Waals surface area contributed by atoms with Gasteiger partial charge in [-0.15, -0.1) is 0 Å². The molecule has 8 rings (SSSR count). The third-order valence-corrected chi connectivity index (χ3v) is 18.1. The smallest absolute Gasteiger partial charge is 0.419 e. The first-order valence-electron chi connectivity index (χ1n) is 29.3. The largest absolute Gasteiger partial charge is 0.496 e. The topological polar surface area (TPSA) is 235 Å². The van der Waals surface area contributed by atoms with Gasteiger partial charge < -0.3 is 47.0 Å². The molecule has 0 aliphatic carbocycles. The van der Waals surface area contributed by atoms with Crippen molar-refractivity contribution >= 4 is 84.1 Å². The van der Waals surface area contributed by atoms with Gasteiger partial charge in [-0.2, -0.15) is 10.5 Å². The highest BCUT2D eigenvalue weighted by Crippen LogP contribution is 2.45. The Morgan fingerprint density at radius 3 is 1.36 bits per heavy atom. The zero-order valence-electron chi connectivity index (χ0n) is 54.2. The van der Waals surface area contributed by atoms with Gasteiger partial charge in [0.15, 0.2) is 0 Å². The number of nitriles is 2. The average Bonchev–Trinajstić information content (AvgIpc) is 1.72. The molecule has 0 N–H and O–H groups in total. The Hall–Kier alpha value is -8.29. The maximum atomic E-state index is 13.2. The highest BCUT2D eigenvalue weighted by molar-refractivity contribution is 6.76. The van der Waals surface area contributed by atoms with E-state index in [1.165, 1.54) is 23.4 Å². The first-order chi connectivity index (χ1) is 41.3. The Labute approximate surface area is 524 Å². The number of aromatic nitrogens is 6. The highest BCUT2D eigenvalue weighted by Gasteiger charge is 2.35. The SMILES string of the molecule is C.COC(=O)CC(c1c(OC)cc(C)c2c1ccn2C(=O)OC(C)(C)C)c1nc2cc(C#N)ccc2n1COCC[Si](C)(C)C.COC(=O)CC(c1c(OC)cc(C)c2c1ccn2C(=O)OC(C)(C)C)c1nc2ccc(C#N)cc2n1COCC[Si](C)(C)C. The van der Waals surface area contributed by atoms with Crippen LogP contribution in [0.4, 0.5) is 9.59 Å². The number of benzene rings is 4. The highest BCUT2D eigenvalue weighted by atomic mass is 28.3. The molecule has 0 radical (unpaired) electrons. The number of ether oxygens (including phenoxy) is 8. The number of hydrogen-bond acceptors (Lipinski definition) is 16. The molecule has 0 spiro atoms. The number of carbonyl (C=O) groups excluding carboxylic acids is 4. The van der Waals surface area contributed by atoms with Crippen LogP contribution in [0.2, 0.25) is 51.4 Å². The van der Waals surface area contributed by atoms with Crippen molar-refractivity contribution < 1.29 is 57.1 Å². The second-order valence-electron chi connectivity index (χ2n) is 26.3. The third kappa shape index (κ3) is 16.7. The van der Waals surface area contributed by atoms with Gasteiger partial charge in [-0.25, -0.2) is 19.6 Å². The van der Waals surface area contributed by atoms with Crippen LogP contribution in [-0.2, 0) is 51.5 Å². The zero-order valence-corrected chi connectivity index (χ0v) is 56.2. The van der Waals surface area contributed by atoms with E-state index in [0.29, 0.717) is 80.7 Å². The molecular formula is C67H88N8O12Si2. The maximum Gasteiger partial charge on any atom is 0.419 e. The Morgan fingerprint density at radius 2 is 0.966 bits per heavy atom. The third-order valence-electron chi connectivity index (χ3n) is 14.7. The molecule has 0 aliphatic heterocycles. The lowest BCUT2D eigenvalue weighted by Gasteiger charge is -2.23. The van der Waals surface area contributed by atoms with Crippen LogP contribution in [0.15, 0.2) is 73.1 Å². The van der Waals surface area contributed by atoms with E-state index in [1.54, 1.807) is 56.9 Å². The molecule has 2 unspecified atom stereocenters. The van der Waals surface area contributed by atoms with E-state index in [-0.39, 0.29) is 33.7 Å². The van der Waals surface area contributed by atoms with Crippen molar-refractivity contribution in [1.29, 1.82) is 10.5 Å². The van der Waals surface area contributed by atoms with Crippen LogP contribution in [0, 0.1) is 36.5 Å². The summed E-state index contributed by atoms with van der Waals surface area (Å²) < 4.78 is 52.7. The van der Waals surface area contributed by atoms with E-state index >= 15 is 0 Å². The van der Waals surface area contributed by atoms with Gasteiger partial charge in [0.05, 0.1) is 109 Å². The Balaban J connectivity index is 0.000000281. The summed E-state index contributed by atoms with van der Waals surface area (Å²) in [6, 6.07) is 24.4. The molecule has 0 saturated heterocycles. The van der Waals surface area contributed by atoms with Crippen LogP contribution in [0.25, 0.3) is 43.9 Å². The van der Waals surface area contributed by atoms with Gasteiger partial charge in [0, 0.05) is 63.7 Å². The van der Waals surface area contributed by atoms with Crippen LogP contribution in [0.1, 0.15) is 119 Å². The van der Waals surface area contributed by atoms with Crippen molar-refractivity contribution in [2.75, 3.05) is 41.7 Å². The second-order valence-corrected chi connectivity index (χ2v) is 37.5. The molecule has 476 valence electrons. The molecule has 0 fully saturated rings. The summed E-state index contributed by atoms with van der Waals surface area (Å²) in [7, 11) is 3.17. The standard InChI is InChI=1S/2C33H42N4O6Si.CH4/c1-21-16-27(40-5)29(23-12-13-36(30(21)23)32(39)43-33(2,3)4)24(18-28(38)41-6)31-35-25-17-22(19-34)10-11-26(25)37(31)20-42-14-15-44(7,8)9;1-21-16-27(40-5)29(23-12-13-36(30(21)23)32(39)43-33(2,3)4)24(18-28(38)41-6)31-35-25-11-10-22(19-34)17-26(25)37(31)20-42-14-15-44(7,8)9;/h2*10-13,16-17,24H,14-15,18,20H2,1-9H3;1H4. The molecule has 0 bridgehead atoms. The molecule has 0 saturated carbocycles. The quantitative estimate of drug-likeness (QED) is 0.0298. The van der Waals surface area contributed by atoms with Crippen molar-refractivity contribution in [2.45, 2.75) is 164 Å². The molecule has 8 aromatic rings. The summed E-state index contributed by atoms with van der Waals surface area (Å²) in [5.74, 6) is 0.0382. The number of esters is 2. The summed E-state index contributed by atoms with van der Waals surface area (Å²) in [6.45, 7) is 30.0. The Kier molecular flexibility index (Phi) is 22.3. The van der Waals surface area contributed by atoms with Crippen LogP contribution in [0.3, 0.4) is 0 Å². The molecule has 0 amide bonds. The molecule has 2 atom stereocenters. The van der Waals surface area contributed by atoms with Crippen molar-refractivity contribution in [1.82, 2.24) is 28.2 Å². The molecule has 22 heteroatoms. The lowest BCUT2D eigenvalue weighted by molar-refractivity contribution is -0.141. The number of imidazole rings is 2. The lowest BCUT2D eigenvalue weighted by atomic mass is 9.89. The van der Waals surface area contributed by atoms with Crippen LogP contribution < -0.4 is 9.47 Å². The molecule has 4 aromatic carbocycles. The first kappa shape index (κ1) is 69.8. The maximum absolute atomic E-state index is 13.2. The molecule has 4 aromatic heterocycles. The number of nitrogens with zero attached hydrogens (tertiary/aromatic N) is 8. The number of aryl methyl sites for hydroxylation is 2. The number of methoxy groups -OCH3 is 4. The van der Waals surface area contributed by atoms with E-state index in [2.05, 4.69) is 51.4 Å². The van der Waals surface area contributed by atoms with Gasteiger partial charge >= 0.3 is 24.1 Å². The summed E-state index contributed by atoms with van der Waals surface area (Å²) in [4.78, 5) is 62.5. The predicted octanol–water partition coefficient (Wildman–Crippen LogP) is 14.6. The minimum absolute atomic E-state index is 0. The van der Waals surface area contributed by atoms with Crippen molar-refractivity contribution in [3.05, 3.63) is 118 Å². The van der Waals surface area contributed by atoms with Crippen LogP contribution in [-0.4, -0.2) is 121 Å². The van der Waals surface area contributed by atoms with Gasteiger partial charge in [0.1, 0.15) is 47.8 Å². The molecular weight excluding hydrogens is 1160 g/mol. The van der Waals surface area contributed by atoms with Crippen LogP contribution in [0.5, 0.6) is 11.5 Å². The number of carbonyl (C=O) groups is 4. The van der Waals surface area contributed by atoms with Crippen molar-refractivity contribution in [3.8, 4) is 23.6 Å². The number of rotatable bonds is 20. The van der Waals surface area contributed by atoms with Crippen LogP contribution >= 0.6 is 0 Å². The van der Waals surface area contributed by atoms with E-state index in [9.17, 15) is 29.7 Å². The van der Waals surface area contributed by atoms with E-state index in [4.69, 9.17) is 47.9 Å². The summed E-state index contributed by atoms with van der Waals surface area (Å²) in [5, 5.41) is 20.7. The summed E-state index contributed by atoms with van der Waals surface area (Å²) >= 11 is 0. The minimum Gasteiger partial charge on any atom is -0.496 e. The van der Waals surface area contributed by atoms with Gasteiger partial charge in [-0.05, 0) is 139 Å². The predicted molar refractivity (Wildman–Crippen MR) is 351 cm³/mol. The zero-order chi connectivity index (χ0) is 64.8. The van der Waals surface area contributed by atoms with Gasteiger partial charge in [-0.3, -0.25) is 18.7 Å². The Morgan fingerprint density at radius 1 is 0.562 bits per heavy atom. The molecule has 20 nitrogen and oxygen atoms in total. The first-order valence-corrected chi connectivity index (χ1v) is 36.7. The monoisotopic (exact) mass is 1250 g/mol. The number of fused-ring (bicyclic) bond motifs is 4. The normalized spacial score (nSPS) is 12.6.